The van der Waals surface area contributed by atoms with Gasteiger partial charge in [-0.1, -0.05) is 60.7 Å². The van der Waals surface area contributed by atoms with Gasteiger partial charge >= 0.3 is 0 Å². The summed E-state index contributed by atoms with van der Waals surface area (Å²) < 4.78 is 0. The second-order valence-electron chi connectivity index (χ2n) is 5.47. The van der Waals surface area contributed by atoms with Gasteiger partial charge in [-0.15, -0.1) is 12.4 Å². The van der Waals surface area contributed by atoms with E-state index in [1.54, 1.807) is 0 Å². The zero-order valence-electron chi connectivity index (χ0n) is 12.8. The summed E-state index contributed by atoms with van der Waals surface area (Å²) in [7, 11) is 0. The van der Waals surface area contributed by atoms with Gasteiger partial charge < -0.3 is 5.32 Å². The van der Waals surface area contributed by atoms with Crippen molar-refractivity contribution in [2.24, 2.45) is 0 Å². The Hall–Kier alpha value is -1.31. The third kappa shape index (κ3) is 7.31. The highest BCUT2D eigenvalue weighted by Gasteiger charge is 2.01. The van der Waals surface area contributed by atoms with Gasteiger partial charge in [-0.3, -0.25) is 0 Å². The van der Waals surface area contributed by atoms with E-state index in [9.17, 15) is 0 Å². The van der Waals surface area contributed by atoms with Crippen molar-refractivity contribution in [2.45, 2.75) is 38.6 Å². The van der Waals surface area contributed by atoms with E-state index in [-0.39, 0.29) is 12.4 Å². The van der Waals surface area contributed by atoms with E-state index in [0.717, 1.165) is 13.0 Å². The minimum atomic E-state index is 0. The molecule has 2 rings (SSSR count). The van der Waals surface area contributed by atoms with Crippen molar-refractivity contribution in [3.05, 3.63) is 71.8 Å². The molecule has 0 aliphatic carbocycles. The molecule has 114 valence electrons. The third-order valence-electron chi connectivity index (χ3n) is 3.69. The Kier molecular flexibility index (Phi) is 8.80. The first-order chi connectivity index (χ1) is 9.84. The molecule has 0 aliphatic heterocycles. The van der Waals surface area contributed by atoms with Gasteiger partial charge in [0.25, 0.3) is 0 Å². The Bertz CT molecular complexity index is 469. The number of nitrogens with one attached hydrogen (secondary N) is 1. The topological polar surface area (TPSA) is 12.0 Å². The van der Waals surface area contributed by atoms with Crippen LogP contribution in [0.2, 0.25) is 0 Å². The molecule has 0 spiro atoms. The zero-order valence-corrected chi connectivity index (χ0v) is 13.6. The average Bonchev–Trinajstić information content (AvgIpc) is 2.52. The highest BCUT2D eigenvalue weighted by molar-refractivity contribution is 5.85. The summed E-state index contributed by atoms with van der Waals surface area (Å²) in [5.74, 6) is 0. The first-order valence-electron chi connectivity index (χ1n) is 7.66. The Labute approximate surface area is 135 Å². The summed E-state index contributed by atoms with van der Waals surface area (Å²) in [5, 5.41) is 3.62. The van der Waals surface area contributed by atoms with E-state index < -0.39 is 0 Å². The van der Waals surface area contributed by atoms with E-state index in [1.165, 1.54) is 30.4 Å². The van der Waals surface area contributed by atoms with Crippen molar-refractivity contribution >= 4 is 12.4 Å². The molecule has 1 nitrogen and oxygen atoms in total. The van der Waals surface area contributed by atoms with E-state index in [1.807, 2.05) is 0 Å². The van der Waals surface area contributed by atoms with Crippen molar-refractivity contribution in [1.29, 1.82) is 0 Å². The highest BCUT2D eigenvalue weighted by Crippen LogP contribution is 2.05. The largest absolute Gasteiger partial charge is 0.314 e. The monoisotopic (exact) mass is 303 g/mol. The van der Waals surface area contributed by atoms with Crippen LogP contribution in [0.5, 0.6) is 0 Å². The lowest BCUT2D eigenvalue weighted by Gasteiger charge is -2.13. The molecule has 21 heavy (non-hydrogen) atoms. The van der Waals surface area contributed by atoms with Gasteiger partial charge in [0.1, 0.15) is 0 Å². The summed E-state index contributed by atoms with van der Waals surface area (Å²) in [5.41, 5.74) is 2.87. The number of hydrogen-bond acceptors (Lipinski definition) is 1. The molecule has 0 fully saturated rings. The average molecular weight is 304 g/mol. The minimum Gasteiger partial charge on any atom is -0.314 e. The smallest absolute Gasteiger partial charge is 0.00418 e. The van der Waals surface area contributed by atoms with Gasteiger partial charge in [0, 0.05) is 6.04 Å². The Balaban J connectivity index is 0.00000220. The van der Waals surface area contributed by atoms with Gasteiger partial charge in [0.2, 0.25) is 0 Å². The zero-order chi connectivity index (χ0) is 14.0. The fourth-order valence-electron chi connectivity index (χ4n) is 2.42. The Morgan fingerprint density at radius 2 is 1.33 bits per heavy atom. The first kappa shape index (κ1) is 17.7. The van der Waals surface area contributed by atoms with Crippen LogP contribution in [-0.4, -0.2) is 12.6 Å². The molecule has 2 aromatic rings. The van der Waals surface area contributed by atoms with Crippen molar-refractivity contribution in [2.75, 3.05) is 6.54 Å². The SMILES string of the molecule is CC(CCc1ccccc1)NCCCc1ccccc1.Cl. The Morgan fingerprint density at radius 3 is 1.90 bits per heavy atom. The summed E-state index contributed by atoms with van der Waals surface area (Å²) >= 11 is 0. The van der Waals surface area contributed by atoms with E-state index in [2.05, 4.69) is 72.9 Å². The standard InChI is InChI=1S/C19H25N.ClH/c1-17(14-15-19-11-6-3-7-12-19)20-16-8-13-18-9-4-2-5-10-18;/h2-7,9-12,17,20H,8,13-16H2,1H3;1H. The minimum absolute atomic E-state index is 0. The van der Waals surface area contributed by atoms with Crippen LogP contribution in [0.1, 0.15) is 30.9 Å². The molecule has 1 unspecified atom stereocenters. The lowest BCUT2D eigenvalue weighted by molar-refractivity contribution is 0.506. The number of aryl methyl sites for hydroxylation is 2. The second kappa shape index (κ2) is 10.4. The van der Waals surface area contributed by atoms with Crippen LogP contribution in [0.3, 0.4) is 0 Å². The summed E-state index contributed by atoms with van der Waals surface area (Å²) in [6.45, 7) is 3.39. The second-order valence-corrected chi connectivity index (χ2v) is 5.47. The van der Waals surface area contributed by atoms with Gasteiger partial charge in [-0.05, 0) is 50.3 Å². The molecule has 0 heterocycles. The maximum absolute atomic E-state index is 3.62. The van der Waals surface area contributed by atoms with E-state index in [0.29, 0.717) is 6.04 Å². The fourth-order valence-corrected chi connectivity index (χ4v) is 2.42. The molecular weight excluding hydrogens is 278 g/mol. The molecule has 1 N–H and O–H groups in total. The van der Waals surface area contributed by atoms with Crippen LogP contribution in [0.25, 0.3) is 0 Å². The lowest BCUT2D eigenvalue weighted by atomic mass is 10.1. The van der Waals surface area contributed by atoms with E-state index >= 15 is 0 Å². The van der Waals surface area contributed by atoms with Crippen molar-refractivity contribution in [3.8, 4) is 0 Å². The molecule has 0 amide bonds. The molecule has 0 aromatic heterocycles. The van der Waals surface area contributed by atoms with Gasteiger partial charge in [0.05, 0.1) is 0 Å². The molecule has 0 saturated heterocycles. The summed E-state index contributed by atoms with van der Waals surface area (Å²) in [4.78, 5) is 0. The fraction of sp³-hybridized carbons (Fsp3) is 0.368. The first-order valence-corrected chi connectivity index (χ1v) is 7.66. The van der Waals surface area contributed by atoms with Gasteiger partial charge in [0.15, 0.2) is 0 Å². The van der Waals surface area contributed by atoms with Crippen LogP contribution in [0.15, 0.2) is 60.7 Å². The Morgan fingerprint density at radius 1 is 0.810 bits per heavy atom. The van der Waals surface area contributed by atoms with Crippen molar-refractivity contribution < 1.29 is 0 Å². The van der Waals surface area contributed by atoms with Gasteiger partial charge in [-0.25, -0.2) is 0 Å². The van der Waals surface area contributed by atoms with Gasteiger partial charge in [-0.2, -0.15) is 0 Å². The maximum Gasteiger partial charge on any atom is 0.00418 e. The summed E-state index contributed by atoms with van der Waals surface area (Å²) in [6, 6.07) is 22.0. The molecule has 2 heteroatoms. The third-order valence-corrected chi connectivity index (χ3v) is 3.69. The molecule has 0 saturated carbocycles. The van der Waals surface area contributed by atoms with Crippen molar-refractivity contribution in [1.82, 2.24) is 5.32 Å². The quantitative estimate of drug-likeness (QED) is 0.700. The molecule has 0 bridgehead atoms. The predicted octanol–water partition coefficient (Wildman–Crippen LogP) is 4.65. The number of halogens is 1. The maximum atomic E-state index is 3.62. The van der Waals surface area contributed by atoms with Crippen molar-refractivity contribution in [3.63, 3.8) is 0 Å². The summed E-state index contributed by atoms with van der Waals surface area (Å²) in [6.07, 6.45) is 4.74. The molecular formula is C19H26ClN. The molecule has 0 aliphatic rings. The van der Waals surface area contributed by atoms with Crippen LogP contribution in [0, 0.1) is 0 Å². The molecule has 0 radical (unpaired) electrons. The number of hydrogen-bond donors (Lipinski definition) is 1. The molecule has 1 atom stereocenters. The normalized spacial score (nSPS) is 11.7. The lowest BCUT2D eigenvalue weighted by Crippen LogP contribution is -2.27. The highest BCUT2D eigenvalue weighted by atomic mass is 35.5. The van der Waals surface area contributed by atoms with Crippen LogP contribution >= 0.6 is 12.4 Å². The predicted molar refractivity (Wildman–Crippen MR) is 94.2 cm³/mol. The van der Waals surface area contributed by atoms with Crippen LogP contribution < -0.4 is 5.32 Å². The molecule has 2 aromatic carbocycles. The van der Waals surface area contributed by atoms with Crippen LogP contribution in [-0.2, 0) is 12.8 Å². The van der Waals surface area contributed by atoms with E-state index in [4.69, 9.17) is 0 Å². The van der Waals surface area contributed by atoms with Crippen LogP contribution in [0.4, 0.5) is 0 Å². The number of benzene rings is 2. The number of rotatable bonds is 8.